The van der Waals surface area contributed by atoms with Gasteiger partial charge in [-0.2, -0.15) is 4.98 Å². The van der Waals surface area contributed by atoms with Crippen molar-refractivity contribution in [3.05, 3.63) is 17.1 Å². The van der Waals surface area contributed by atoms with Crippen molar-refractivity contribution in [2.45, 2.75) is 38.4 Å². The van der Waals surface area contributed by atoms with Crippen LogP contribution in [0.3, 0.4) is 0 Å². The topological polar surface area (TPSA) is 64.3 Å². The Balaban J connectivity index is 1.93. The molecular weight excluding hydrogens is 216 g/mol. The van der Waals surface area contributed by atoms with Crippen molar-refractivity contribution in [1.29, 1.82) is 0 Å². The Morgan fingerprint density at radius 2 is 2.24 bits per heavy atom. The Kier molecular flexibility index (Phi) is 2.72. The zero-order chi connectivity index (χ0) is 11.8. The Morgan fingerprint density at radius 1 is 1.41 bits per heavy atom. The average Bonchev–Trinajstić information content (AvgIpc) is 3.21. The lowest BCUT2D eigenvalue weighted by Gasteiger charge is -2.28. The molecule has 1 aliphatic carbocycles. The van der Waals surface area contributed by atoms with Crippen LogP contribution < -0.4 is 10.5 Å². The zero-order valence-corrected chi connectivity index (χ0v) is 10.1. The Labute approximate surface area is 101 Å². The molecular formula is C12H18N4O. The zero-order valence-electron chi connectivity index (χ0n) is 10.1. The fourth-order valence-electron chi connectivity index (χ4n) is 2.47. The van der Waals surface area contributed by atoms with E-state index in [4.69, 9.17) is 10.5 Å². The highest BCUT2D eigenvalue weighted by Gasteiger charge is 2.33. The third kappa shape index (κ3) is 2.00. The number of hydrogen-bond donors (Lipinski definition) is 1. The summed E-state index contributed by atoms with van der Waals surface area (Å²) in [4.78, 5) is 11.4. The van der Waals surface area contributed by atoms with Gasteiger partial charge in [0.15, 0.2) is 0 Å². The van der Waals surface area contributed by atoms with Crippen LogP contribution in [0.4, 0.5) is 0 Å². The lowest BCUT2D eigenvalue weighted by molar-refractivity contribution is 0.234. The summed E-state index contributed by atoms with van der Waals surface area (Å²) >= 11 is 0. The molecule has 5 heteroatoms. The molecule has 1 fully saturated rings. The highest BCUT2D eigenvalue weighted by atomic mass is 16.5. The predicted octanol–water partition coefficient (Wildman–Crippen LogP) is 0.464. The summed E-state index contributed by atoms with van der Waals surface area (Å²) in [7, 11) is 1.67. The molecule has 1 aromatic heterocycles. The highest BCUT2D eigenvalue weighted by Crippen LogP contribution is 2.33. The van der Waals surface area contributed by atoms with E-state index in [1.165, 1.54) is 12.8 Å². The molecule has 1 saturated carbocycles. The van der Waals surface area contributed by atoms with Gasteiger partial charge >= 0.3 is 0 Å². The second kappa shape index (κ2) is 4.23. The van der Waals surface area contributed by atoms with Crippen LogP contribution in [0, 0.1) is 0 Å². The van der Waals surface area contributed by atoms with Crippen LogP contribution in [-0.2, 0) is 19.5 Å². The fourth-order valence-corrected chi connectivity index (χ4v) is 2.47. The quantitative estimate of drug-likeness (QED) is 0.823. The summed E-state index contributed by atoms with van der Waals surface area (Å²) in [5, 5.41) is 0. The van der Waals surface area contributed by atoms with Gasteiger partial charge in [-0.1, -0.05) is 0 Å². The van der Waals surface area contributed by atoms with E-state index >= 15 is 0 Å². The van der Waals surface area contributed by atoms with E-state index < -0.39 is 0 Å². The molecule has 2 heterocycles. The maximum Gasteiger partial charge on any atom is 0.221 e. The Hall–Kier alpha value is -1.20. The smallest absolute Gasteiger partial charge is 0.221 e. The summed E-state index contributed by atoms with van der Waals surface area (Å²) in [6.45, 7) is 2.39. The van der Waals surface area contributed by atoms with Gasteiger partial charge in [-0.05, 0) is 12.8 Å². The molecule has 1 aromatic rings. The molecule has 2 aliphatic rings. The van der Waals surface area contributed by atoms with Crippen molar-refractivity contribution in [2.24, 2.45) is 5.73 Å². The molecule has 17 heavy (non-hydrogen) atoms. The summed E-state index contributed by atoms with van der Waals surface area (Å²) in [5.74, 6) is 1.39. The van der Waals surface area contributed by atoms with Crippen molar-refractivity contribution < 1.29 is 4.74 Å². The second-order valence-electron chi connectivity index (χ2n) is 4.73. The first kappa shape index (κ1) is 10.9. The third-order valence-corrected chi connectivity index (χ3v) is 3.54. The maximum absolute atomic E-state index is 5.60. The van der Waals surface area contributed by atoms with Gasteiger partial charge in [0.25, 0.3) is 0 Å². The van der Waals surface area contributed by atoms with E-state index in [1.54, 1.807) is 7.11 Å². The first-order chi connectivity index (χ1) is 8.31. The number of methoxy groups -OCH3 is 1. The first-order valence-electron chi connectivity index (χ1n) is 6.18. The predicted molar refractivity (Wildman–Crippen MR) is 63.6 cm³/mol. The van der Waals surface area contributed by atoms with E-state index in [2.05, 4.69) is 14.9 Å². The minimum absolute atomic E-state index is 0.371. The number of ether oxygens (including phenoxy) is 1. The number of nitrogens with zero attached hydrogens (tertiary/aromatic N) is 3. The first-order valence-corrected chi connectivity index (χ1v) is 6.18. The molecule has 2 N–H and O–H groups in total. The van der Waals surface area contributed by atoms with Gasteiger partial charge in [0.2, 0.25) is 5.88 Å². The van der Waals surface area contributed by atoms with Crippen LogP contribution in [-0.4, -0.2) is 34.6 Å². The molecule has 0 saturated heterocycles. The van der Waals surface area contributed by atoms with E-state index in [1.807, 2.05) is 0 Å². The number of aromatic nitrogens is 2. The number of nitrogens with two attached hydrogens (primary N) is 1. The van der Waals surface area contributed by atoms with Crippen LogP contribution in [0.25, 0.3) is 0 Å². The van der Waals surface area contributed by atoms with Gasteiger partial charge in [-0.3, -0.25) is 4.90 Å². The lowest BCUT2D eigenvalue weighted by Crippen LogP contribution is -2.33. The summed E-state index contributed by atoms with van der Waals surface area (Å²) in [5.41, 5.74) is 7.88. The molecule has 5 nitrogen and oxygen atoms in total. The molecule has 0 atom stereocenters. The second-order valence-corrected chi connectivity index (χ2v) is 4.73. The highest BCUT2D eigenvalue weighted by molar-refractivity contribution is 5.33. The number of hydrogen-bond acceptors (Lipinski definition) is 5. The van der Waals surface area contributed by atoms with Gasteiger partial charge in [-0.15, -0.1) is 0 Å². The average molecular weight is 234 g/mol. The Morgan fingerprint density at radius 3 is 2.88 bits per heavy atom. The largest absolute Gasteiger partial charge is 0.481 e. The van der Waals surface area contributed by atoms with Gasteiger partial charge in [0.1, 0.15) is 5.82 Å². The van der Waals surface area contributed by atoms with Crippen LogP contribution in [0.1, 0.15) is 29.9 Å². The van der Waals surface area contributed by atoms with Crippen LogP contribution in [0.5, 0.6) is 5.88 Å². The monoisotopic (exact) mass is 234 g/mol. The van der Waals surface area contributed by atoms with Gasteiger partial charge in [-0.25, -0.2) is 4.98 Å². The van der Waals surface area contributed by atoms with E-state index in [-0.39, 0.29) is 0 Å². The SMILES string of the molecule is COc1nc(CN)nc2c1CN(C1CC1)CC2. The lowest BCUT2D eigenvalue weighted by atomic mass is 10.1. The van der Waals surface area contributed by atoms with Crippen molar-refractivity contribution in [3.8, 4) is 5.88 Å². The molecule has 92 valence electrons. The summed E-state index contributed by atoms with van der Waals surface area (Å²) < 4.78 is 5.37. The Bertz CT molecular complexity index is 414. The standard InChI is InChI=1S/C12H18N4O/c1-17-12-9-7-16(8-2-3-8)5-4-10(9)14-11(6-13)15-12/h8H,2-7,13H2,1H3. The number of fused-ring (bicyclic) bond motifs is 1. The van der Waals surface area contributed by atoms with E-state index in [9.17, 15) is 0 Å². The molecule has 0 aromatic carbocycles. The number of rotatable bonds is 3. The molecule has 0 radical (unpaired) electrons. The summed E-state index contributed by atoms with van der Waals surface area (Å²) in [6.07, 6.45) is 3.65. The molecule has 3 rings (SSSR count). The van der Waals surface area contributed by atoms with Gasteiger partial charge in [0.05, 0.1) is 19.3 Å². The summed E-state index contributed by atoms with van der Waals surface area (Å²) in [6, 6.07) is 0.780. The van der Waals surface area contributed by atoms with Gasteiger partial charge < -0.3 is 10.5 Å². The van der Waals surface area contributed by atoms with E-state index in [0.717, 1.165) is 36.8 Å². The third-order valence-electron chi connectivity index (χ3n) is 3.54. The van der Waals surface area contributed by atoms with E-state index in [0.29, 0.717) is 18.2 Å². The fraction of sp³-hybridized carbons (Fsp3) is 0.667. The minimum atomic E-state index is 0.371. The van der Waals surface area contributed by atoms with Crippen molar-refractivity contribution in [3.63, 3.8) is 0 Å². The minimum Gasteiger partial charge on any atom is -0.481 e. The molecule has 0 amide bonds. The van der Waals surface area contributed by atoms with Crippen LogP contribution in [0.2, 0.25) is 0 Å². The molecule has 1 aliphatic heterocycles. The van der Waals surface area contributed by atoms with Crippen molar-refractivity contribution in [1.82, 2.24) is 14.9 Å². The normalized spacial score (nSPS) is 20.1. The molecule has 0 bridgehead atoms. The van der Waals surface area contributed by atoms with Crippen molar-refractivity contribution in [2.75, 3.05) is 13.7 Å². The van der Waals surface area contributed by atoms with Crippen LogP contribution >= 0.6 is 0 Å². The molecule has 0 unspecified atom stereocenters. The van der Waals surface area contributed by atoms with Crippen LogP contribution in [0.15, 0.2) is 0 Å². The van der Waals surface area contributed by atoms with Gasteiger partial charge in [0, 0.05) is 31.1 Å². The maximum atomic E-state index is 5.60. The van der Waals surface area contributed by atoms with Crippen molar-refractivity contribution >= 4 is 0 Å². The molecule has 0 spiro atoms.